The van der Waals surface area contributed by atoms with Crippen molar-refractivity contribution in [3.05, 3.63) is 23.3 Å². The summed E-state index contributed by atoms with van der Waals surface area (Å²) in [6, 6.07) is 0. The highest BCUT2D eigenvalue weighted by Gasteiger charge is 2.27. The Bertz CT molecular complexity index is 475. The van der Waals surface area contributed by atoms with Gasteiger partial charge in [-0.2, -0.15) is 13.2 Å². The predicted octanol–water partition coefficient (Wildman–Crippen LogP) is 2.46. The van der Waals surface area contributed by atoms with Crippen molar-refractivity contribution >= 4 is 5.78 Å². The van der Waals surface area contributed by atoms with Crippen LogP contribution < -0.4 is 0 Å². The molecule has 0 aliphatic heterocycles. The Balaban J connectivity index is 2.04. The molecule has 0 N–H and O–H groups in total. The van der Waals surface area contributed by atoms with Gasteiger partial charge in [0.05, 0.1) is 11.3 Å². The van der Waals surface area contributed by atoms with Crippen LogP contribution in [-0.4, -0.2) is 28.5 Å². The SMILES string of the molecule is O=C1CCCCc2nc(COCC(F)(F)F)ncc21. The maximum Gasteiger partial charge on any atom is 0.411 e. The maximum atomic E-state index is 11.9. The van der Waals surface area contributed by atoms with E-state index < -0.39 is 12.8 Å². The summed E-state index contributed by atoms with van der Waals surface area (Å²) in [6.45, 7) is -1.63. The minimum absolute atomic E-state index is 0.00439. The second kappa shape index (κ2) is 5.64. The van der Waals surface area contributed by atoms with Crippen molar-refractivity contribution in [1.82, 2.24) is 9.97 Å². The van der Waals surface area contributed by atoms with Gasteiger partial charge in [-0.25, -0.2) is 9.97 Å². The van der Waals surface area contributed by atoms with Gasteiger partial charge in [-0.05, 0) is 19.3 Å². The Morgan fingerprint density at radius 1 is 1.26 bits per heavy atom. The molecule has 1 heterocycles. The summed E-state index contributed by atoms with van der Waals surface area (Å²) < 4.78 is 40.3. The highest BCUT2D eigenvalue weighted by atomic mass is 19.4. The van der Waals surface area contributed by atoms with Gasteiger partial charge in [0.1, 0.15) is 13.2 Å². The summed E-state index contributed by atoms with van der Waals surface area (Å²) in [5.74, 6) is 0.174. The molecular formula is C12H13F3N2O2. The van der Waals surface area contributed by atoms with Crippen LogP contribution in [0.3, 0.4) is 0 Å². The average Bonchev–Trinajstić information content (AvgIpc) is 2.50. The summed E-state index contributed by atoms with van der Waals surface area (Å²) >= 11 is 0. The molecule has 1 aliphatic carbocycles. The van der Waals surface area contributed by atoms with E-state index in [1.54, 1.807) is 0 Å². The van der Waals surface area contributed by atoms with E-state index >= 15 is 0 Å². The van der Waals surface area contributed by atoms with Gasteiger partial charge in [-0.15, -0.1) is 0 Å². The molecule has 0 radical (unpaired) electrons. The number of nitrogens with zero attached hydrogens (tertiary/aromatic N) is 2. The van der Waals surface area contributed by atoms with Gasteiger partial charge in [0.2, 0.25) is 0 Å². The van der Waals surface area contributed by atoms with Gasteiger partial charge in [0.15, 0.2) is 11.6 Å². The molecule has 1 aliphatic rings. The molecule has 1 aromatic heterocycles. The molecule has 0 fully saturated rings. The van der Waals surface area contributed by atoms with E-state index in [2.05, 4.69) is 14.7 Å². The standard InChI is InChI=1S/C12H13F3N2O2/c13-12(14,15)7-19-6-11-16-5-8-9(17-11)3-1-2-4-10(8)18/h5H,1-4,6-7H2. The number of alkyl halides is 3. The molecule has 4 nitrogen and oxygen atoms in total. The van der Waals surface area contributed by atoms with E-state index in [4.69, 9.17) is 0 Å². The number of ketones is 1. The van der Waals surface area contributed by atoms with Crippen molar-refractivity contribution in [3.63, 3.8) is 0 Å². The lowest BCUT2D eigenvalue weighted by Gasteiger charge is -2.08. The van der Waals surface area contributed by atoms with Gasteiger partial charge < -0.3 is 4.74 Å². The van der Waals surface area contributed by atoms with Crippen LogP contribution in [0.1, 0.15) is 41.1 Å². The molecule has 0 amide bonds. The highest BCUT2D eigenvalue weighted by Crippen LogP contribution is 2.19. The number of Topliss-reactive ketones (excluding diaryl/α,β-unsaturated/α-hetero) is 1. The molecule has 104 valence electrons. The molecule has 0 bridgehead atoms. The molecule has 2 rings (SSSR count). The smallest absolute Gasteiger partial charge is 0.364 e. The average molecular weight is 274 g/mol. The van der Waals surface area contributed by atoms with Crippen molar-refractivity contribution in [2.75, 3.05) is 6.61 Å². The van der Waals surface area contributed by atoms with Crippen LogP contribution in [0.15, 0.2) is 6.20 Å². The summed E-state index contributed by atoms with van der Waals surface area (Å²) in [4.78, 5) is 19.7. The number of hydrogen-bond donors (Lipinski definition) is 0. The van der Waals surface area contributed by atoms with Crippen molar-refractivity contribution in [2.45, 2.75) is 38.5 Å². The summed E-state index contributed by atoms with van der Waals surface area (Å²) in [7, 11) is 0. The number of halogens is 3. The van der Waals surface area contributed by atoms with E-state index in [1.165, 1.54) is 6.20 Å². The molecule has 0 spiro atoms. The topological polar surface area (TPSA) is 52.1 Å². The first kappa shape index (κ1) is 13.9. The van der Waals surface area contributed by atoms with Crippen LogP contribution in [0.4, 0.5) is 13.2 Å². The summed E-state index contributed by atoms with van der Waals surface area (Å²) in [6.07, 6.45) is -0.201. The number of carbonyl (C=O) groups is 1. The van der Waals surface area contributed by atoms with E-state index in [0.717, 1.165) is 12.8 Å². The first-order valence-electron chi connectivity index (χ1n) is 5.98. The minimum atomic E-state index is -4.36. The quantitative estimate of drug-likeness (QED) is 0.794. The van der Waals surface area contributed by atoms with Crippen LogP contribution >= 0.6 is 0 Å². The fourth-order valence-corrected chi connectivity index (χ4v) is 1.92. The number of rotatable bonds is 3. The Morgan fingerprint density at radius 3 is 2.74 bits per heavy atom. The number of ether oxygens (including phenoxy) is 1. The Hall–Kier alpha value is -1.50. The van der Waals surface area contributed by atoms with Crippen molar-refractivity contribution in [1.29, 1.82) is 0 Å². The first-order chi connectivity index (χ1) is 8.96. The molecule has 0 aromatic carbocycles. The number of fused-ring (bicyclic) bond motifs is 1. The van der Waals surface area contributed by atoms with Crippen LogP contribution in [0.5, 0.6) is 0 Å². The summed E-state index contributed by atoms with van der Waals surface area (Å²) in [5.41, 5.74) is 1.10. The van der Waals surface area contributed by atoms with Crippen LogP contribution in [-0.2, 0) is 17.8 Å². The maximum absolute atomic E-state index is 11.9. The lowest BCUT2D eigenvalue weighted by atomic mass is 10.1. The van der Waals surface area contributed by atoms with Gasteiger partial charge in [-0.3, -0.25) is 4.79 Å². The van der Waals surface area contributed by atoms with Gasteiger partial charge in [-0.1, -0.05) is 0 Å². The molecule has 0 unspecified atom stereocenters. The van der Waals surface area contributed by atoms with Crippen LogP contribution in [0.2, 0.25) is 0 Å². The molecule has 0 atom stereocenters. The second-order valence-electron chi connectivity index (χ2n) is 4.38. The Kier molecular flexibility index (Phi) is 4.14. The van der Waals surface area contributed by atoms with Crippen LogP contribution in [0.25, 0.3) is 0 Å². The lowest BCUT2D eigenvalue weighted by Crippen LogP contribution is -2.17. The van der Waals surface area contributed by atoms with Gasteiger partial charge >= 0.3 is 6.18 Å². The fraction of sp³-hybridized carbons (Fsp3) is 0.583. The molecule has 0 saturated heterocycles. The first-order valence-corrected chi connectivity index (χ1v) is 5.98. The number of aryl methyl sites for hydroxylation is 1. The molecule has 19 heavy (non-hydrogen) atoms. The number of hydrogen-bond acceptors (Lipinski definition) is 4. The molecule has 7 heteroatoms. The number of aromatic nitrogens is 2. The van der Waals surface area contributed by atoms with Crippen LogP contribution in [0, 0.1) is 0 Å². The monoisotopic (exact) mass is 274 g/mol. The van der Waals surface area contributed by atoms with E-state index in [0.29, 0.717) is 24.1 Å². The van der Waals surface area contributed by atoms with Crippen molar-refractivity contribution < 1.29 is 22.7 Å². The number of carbonyl (C=O) groups excluding carboxylic acids is 1. The molecular weight excluding hydrogens is 261 g/mol. The van der Waals surface area contributed by atoms with E-state index in [1.807, 2.05) is 0 Å². The third kappa shape index (κ3) is 3.99. The largest absolute Gasteiger partial charge is 0.411 e. The minimum Gasteiger partial charge on any atom is -0.364 e. The normalized spacial score (nSPS) is 16.1. The zero-order valence-electron chi connectivity index (χ0n) is 10.2. The zero-order valence-corrected chi connectivity index (χ0v) is 10.2. The third-order valence-electron chi connectivity index (χ3n) is 2.78. The van der Waals surface area contributed by atoms with Crippen molar-refractivity contribution in [2.24, 2.45) is 0 Å². The zero-order chi connectivity index (χ0) is 13.9. The highest BCUT2D eigenvalue weighted by molar-refractivity contribution is 5.97. The van der Waals surface area contributed by atoms with E-state index in [-0.39, 0.29) is 18.2 Å². The van der Waals surface area contributed by atoms with Crippen molar-refractivity contribution in [3.8, 4) is 0 Å². The third-order valence-corrected chi connectivity index (χ3v) is 2.78. The van der Waals surface area contributed by atoms with E-state index in [9.17, 15) is 18.0 Å². The second-order valence-corrected chi connectivity index (χ2v) is 4.38. The Labute approximate surface area is 108 Å². The molecule has 1 aromatic rings. The fourth-order valence-electron chi connectivity index (χ4n) is 1.92. The Morgan fingerprint density at radius 2 is 2.00 bits per heavy atom. The summed E-state index contributed by atoms with van der Waals surface area (Å²) in [5, 5.41) is 0. The lowest BCUT2D eigenvalue weighted by molar-refractivity contribution is -0.177. The molecule has 0 saturated carbocycles. The van der Waals surface area contributed by atoms with Gasteiger partial charge in [0, 0.05) is 12.6 Å². The van der Waals surface area contributed by atoms with Gasteiger partial charge in [0.25, 0.3) is 0 Å². The predicted molar refractivity (Wildman–Crippen MR) is 59.6 cm³/mol.